The van der Waals surface area contributed by atoms with Crippen LogP contribution in [0.1, 0.15) is 40.0 Å². The van der Waals surface area contributed by atoms with Gasteiger partial charge in [0.25, 0.3) is 5.22 Å². The van der Waals surface area contributed by atoms with Gasteiger partial charge < -0.3 is 9.73 Å². The van der Waals surface area contributed by atoms with Crippen molar-refractivity contribution >= 4 is 17.7 Å². The summed E-state index contributed by atoms with van der Waals surface area (Å²) in [5, 5.41) is 11.3. The second-order valence-corrected chi connectivity index (χ2v) is 7.12. The summed E-state index contributed by atoms with van der Waals surface area (Å²) in [6.07, 6.45) is 6.66. The van der Waals surface area contributed by atoms with Crippen molar-refractivity contribution < 1.29 is 9.21 Å². The van der Waals surface area contributed by atoms with E-state index in [1.165, 1.54) is 18.2 Å². The largest absolute Gasteiger partial charge is 0.411 e. The molecule has 0 spiro atoms. The minimum absolute atomic E-state index is 0.0156. The minimum atomic E-state index is -0.0156. The molecule has 0 radical (unpaired) electrons. The summed E-state index contributed by atoms with van der Waals surface area (Å²) in [5.74, 6) is 1.37. The van der Waals surface area contributed by atoms with Gasteiger partial charge in [0.05, 0.1) is 11.3 Å². The van der Waals surface area contributed by atoms with Crippen LogP contribution in [-0.2, 0) is 4.79 Å². The van der Waals surface area contributed by atoms with E-state index in [0.717, 1.165) is 18.4 Å². The highest BCUT2D eigenvalue weighted by Crippen LogP contribution is 2.22. The Hall–Kier alpha value is -1.89. The third-order valence-corrected chi connectivity index (χ3v) is 4.29. The van der Waals surface area contributed by atoms with Crippen LogP contribution in [0.4, 0.5) is 0 Å². The Balaban J connectivity index is 1.73. The van der Waals surface area contributed by atoms with E-state index in [0.29, 0.717) is 17.0 Å². The van der Waals surface area contributed by atoms with Gasteiger partial charge in [-0.05, 0) is 31.4 Å². The molecule has 24 heavy (non-hydrogen) atoms. The topological polar surface area (TPSA) is 80.9 Å². The van der Waals surface area contributed by atoms with Crippen LogP contribution in [0.3, 0.4) is 0 Å². The van der Waals surface area contributed by atoms with Gasteiger partial charge in [0.2, 0.25) is 11.8 Å². The molecule has 0 aliphatic heterocycles. The number of amides is 1. The normalized spacial score (nSPS) is 12.3. The zero-order valence-corrected chi connectivity index (χ0v) is 15.2. The Morgan fingerprint density at radius 3 is 2.83 bits per heavy atom. The lowest BCUT2D eigenvalue weighted by Gasteiger charge is -2.14. The maximum absolute atomic E-state index is 12.0. The molecule has 130 valence electrons. The summed E-state index contributed by atoms with van der Waals surface area (Å²) in [5.41, 5.74) is 0.764. The van der Waals surface area contributed by atoms with Gasteiger partial charge in [-0.2, -0.15) is 0 Å². The van der Waals surface area contributed by atoms with Crippen molar-refractivity contribution in [1.29, 1.82) is 0 Å². The maximum Gasteiger partial charge on any atom is 0.277 e. The lowest BCUT2D eigenvalue weighted by Crippen LogP contribution is -2.33. The molecule has 0 bridgehead atoms. The predicted octanol–water partition coefficient (Wildman–Crippen LogP) is 3.55. The van der Waals surface area contributed by atoms with E-state index in [9.17, 15) is 4.79 Å². The Kier molecular flexibility index (Phi) is 7.24. The summed E-state index contributed by atoms with van der Waals surface area (Å²) < 4.78 is 5.54. The number of nitrogens with one attached hydrogen (secondary N) is 1. The zero-order chi connectivity index (χ0) is 17.4. The Morgan fingerprint density at radius 1 is 1.29 bits per heavy atom. The molecule has 1 amide bonds. The molecule has 2 rings (SSSR count). The van der Waals surface area contributed by atoms with E-state index < -0.39 is 0 Å². The van der Waals surface area contributed by atoms with Gasteiger partial charge in [0.15, 0.2) is 0 Å². The van der Waals surface area contributed by atoms with Gasteiger partial charge in [-0.1, -0.05) is 38.5 Å². The molecule has 0 unspecified atom stereocenters. The van der Waals surface area contributed by atoms with E-state index in [2.05, 4.69) is 34.3 Å². The molecule has 0 saturated carbocycles. The second kappa shape index (κ2) is 9.42. The van der Waals surface area contributed by atoms with Crippen LogP contribution in [0, 0.1) is 5.92 Å². The first-order chi connectivity index (χ1) is 11.5. The first-order valence-corrected chi connectivity index (χ1v) is 9.19. The number of carbonyl (C=O) groups is 1. The fourth-order valence-electron chi connectivity index (χ4n) is 2.22. The van der Waals surface area contributed by atoms with Gasteiger partial charge >= 0.3 is 0 Å². The van der Waals surface area contributed by atoms with E-state index in [-0.39, 0.29) is 17.7 Å². The monoisotopic (exact) mass is 348 g/mol. The molecule has 0 aliphatic rings. The van der Waals surface area contributed by atoms with Crippen molar-refractivity contribution in [2.45, 2.75) is 51.3 Å². The number of aromatic nitrogens is 3. The zero-order valence-electron chi connectivity index (χ0n) is 14.4. The van der Waals surface area contributed by atoms with Crippen molar-refractivity contribution in [2.75, 3.05) is 5.75 Å². The van der Waals surface area contributed by atoms with Crippen LogP contribution in [0.5, 0.6) is 0 Å². The molecule has 0 fully saturated rings. The Labute approximate surface area is 146 Å². The minimum Gasteiger partial charge on any atom is -0.411 e. The third-order valence-electron chi connectivity index (χ3n) is 3.47. The van der Waals surface area contributed by atoms with Crippen LogP contribution in [0.15, 0.2) is 34.2 Å². The summed E-state index contributed by atoms with van der Waals surface area (Å²) in [4.78, 5) is 16.0. The summed E-state index contributed by atoms with van der Waals surface area (Å²) in [6.45, 7) is 6.46. The summed E-state index contributed by atoms with van der Waals surface area (Å²) in [7, 11) is 0. The maximum atomic E-state index is 12.0. The first kappa shape index (κ1) is 18.4. The molecule has 2 aromatic heterocycles. The average Bonchev–Trinajstić information content (AvgIpc) is 3.02. The number of carbonyl (C=O) groups excluding carboxylic acids is 1. The fourth-order valence-corrected chi connectivity index (χ4v) is 2.80. The fraction of sp³-hybridized carbons (Fsp3) is 0.529. The van der Waals surface area contributed by atoms with Crippen molar-refractivity contribution in [3.63, 3.8) is 0 Å². The molecule has 7 heteroatoms. The van der Waals surface area contributed by atoms with Crippen LogP contribution in [-0.4, -0.2) is 32.9 Å². The highest BCUT2D eigenvalue weighted by atomic mass is 32.2. The predicted molar refractivity (Wildman–Crippen MR) is 94.5 cm³/mol. The molecular formula is C17H24N4O2S. The average molecular weight is 348 g/mol. The van der Waals surface area contributed by atoms with Gasteiger partial charge in [0.1, 0.15) is 0 Å². The first-order valence-electron chi connectivity index (χ1n) is 8.20. The third kappa shape index (κ3) is 6.31. The standard InChI is InChI=1S/C17H24N4O2S/c1-12(2)6-4-7-13(3)19-15(22)11-24-17-21-20-16(23-17)14-8-5-9-18-10-14/h5,8-10,12-13H,4,6-7,11H2,1-3H3,(H,19,22)/t13-/m0/s1. The number of pyridine rings is 1. The van der Waals surface area contributed by atoms with Gasteiger partial charge in [-0.25, -0.2) is 0 Å². The highest BCUT2D eigenvalue weighted by molar-refractivity contribution is 7.99. The van der Waals surface area contributed by atoms with Gasteiger partial charge in [-0.3, -0.25) is 9.78 Å². The van der Waals surface area contributed by atoms with E-state index >= 15 is 0 Å². The van der Waals surface area contributed by atoms with Crippen molar-refractivity contribution in [2.24, 2.45) is 5.92 Å². The molecular weight excluding hydrogens is 324 g/mol. The molecule has 2 heterocycles. The number of hydrogen-bond acceptors (Lipinski definition) is 6. The van der Waals surface area contributed by atoms with Crippen molar-refractivity contribution in [3.8, 4) is 11.5 Å². The quantitative estimate of drug-likeness (QED) is 0.698. The van der Waals surface area contributed by atoms with E-state index in [4.69, 9.17) is 4.42 Å². The number of thioether (sulfide) groups is 1. The lowest BCUT2D eigenvalue weighted by molar-refractivity contribution is -0.119. The van der Waals surface area contributed by atoms with Crippen molar-refractivity contribution in [3.05, 3.63) is 24.5 Å². The van der Waals surface area contributed by atoms with Crippen molar-refractivity contribution in [1.82, 2.24) is 20.5 Å². The van der Waals surface area contributed by atoms with Crippen LogP contribution < -0.4 is 5.32 Å². The van der Waals surface area contributed by atoms with Crippen LogP contribution >= 0.6 is 11.8 Å². The van der Waals surface area contributed by atoms with Crippen LogP contribution in [0.2, 0.25) is 0 Å². The van der Waals surface area contributed by atoms with Crippen LogP contribution in [0.25, 0.3) is 11.5 Å². The Morgan fingerprint density at radius 2 is 2.12 bits per heavy atom. The van der Waals surface area contributed by atoms with Gasteiger partial charge in [0, 0.05) is 18.4 Å². The lowest BCUT2D eigenvalue weighted by atomic mass is 10.0. The molecule has 2 aromatic rings. The smallest absolute Gasteiger partial charge is 0.277 e. The number of rotatable bonds is 9. The Bertz CT molecular complexity index is 631. The molecule has 6 nitrogen and oxygen atoms in total. The molecule has 1 N–H and O–H groups in total. The van der Waals surface area contributed by atoms with E-state index in [1.807, 2.05) is 13.0 Å². The second-order valence-electron chi connectivity index (χ2n) is 6.20. The molecule has 0 aromatic carbocycles. The summed E-state index contributed by atoms with van der Waals surface area (Å²) >= 11 is 1.24. The van der Waals surface area contributed by atoms with Gasteiger partial charge in [-0.15, -0.1) is 10.2 Å². The molecule has 0 aliphatic carbocycles. The summed E-state index contributed by atoms with van der Waals surface area (Å²) in [6, 6.07) is 3.84. The van der Waals surface area contributed by atoms with E-state index in [1.54, 1.807) is 18.5 Å². The number of hydrogen-bond donors (Lipinski definition) is 1. The molecule has 0 saturated heterocycles. The highest BCUT2D eigenvalue weighted by Gasteiger charge is 2.12. The SMILES string of the molecule is CC(C)CCC[C@H](C)NC(=O)CSc1nnc(-c2cccnc2)o1. The molecule has 1 atom stereocenters. The number of nitrogens with zero attached hydrogens (tertiary/aromatic N) is 3.